The number of carbonyl (C=O) groups excluding carboxylic acids is 1. The first kappa shape index (κ1) is 18.8. The van der Waals surface area contributed by atoms with Crippen LogP contribution in [-0.4, -0.2) is 41.9 Å². The van der Waals surface area contributed by atoms with Gasteiger partial charge in [-0.3, -0.25) is 0 Å². The zero-order valence-corrected chi connectivity index (χ0v) is 16.3. The van der Waals surface area contributed by atoms with Crippen molar-refractivity contribution in [2.45, 2.75) is 19.8 Å². The van der Waals surface area contributed by atoms with E-state index in [0.717, 1.165) is 23.4 Å². The average molecular weight is 386 g/mol. The van der Waals surface area contributed by atoms with Gasteiger partial charge < -0.3 is 20.0 Å². The lowest BCUT2D eigenvalue weighted by molar-refractivity contribution is 0.252. The molecule has 3 aromatic rings. The number of aromatic nitrogens is 3. The lowest BCUT2D eigenvalue weighted by Crippen LogP contribution is -2.30. The fourth-order valence-corrected chi connectivity index (χ4v) is 3.16. The smallest absolute Gasteiger partial charge is 0.319 e. The molecule has 1 aromatic carbocycles. The molecule has 0 aliphatic heterocycles. The SMILES string of the molecule is CCc1cnc(CCNC(=O)Nc2ccc(-c3nnc(N(C)C)o3)cc2)s1. The first-order valence-corrected chi connectivity index (χ1v) is 9.46. The molecule has 0 fully saturated rings. The zero-order chi connectivity index (χ0) is 19.2. The number of nitrogens with zero attached hydrogens (tertiary/aromatic N) is 4. The quantitative estimate of drug-likeness (QED) is 0.647. The van der Waals surface area contributed by atoms with Crippen molar-refractivity contribution in [1.82, 2.24) is 20.5 Å². The van der Waals surface area contributed by atoms with Crippen molar-refractivity contribution >= 4 is 29.1 Å². The third-order valence-corrected chi connectivity index (χ3v) is 4.96. The van der Waals surface area contributed by atoms with Gasteiger partial charge in [0.15, 0.2) is 0 Å². The van der Waals surface area contributed by atoms with E-state index in [1.807, 2.05) is 32.4 Å². The molecule has 0 radical (unpaired) electrons. The maximum atomic E-state index is 12.0. The van der Waals surface area contributed by atoms with Gasteiger partial charge in [0.2, 0.25) is 5.89 Å². The summed E-state index contributed by atoms with van der Waals surface area (Å²) in [4.78, 5) is 19.4. The minimum absolute atomic E-state index is 0.247. The number of urea groups is 1. The summed E-state index contributed by atoms with van der Waals surface area (Å²) in [6, 6.07) is 7.43. The standard InChI is InChI=1S/C18H22N6O2S/c1-4-14-11-20-15(27-14)9-10-19-17(25)21-13-7-5-12(6-8-13)16-22-23-18(26-16)24(2)3/h5-8,11H,4,9-10H2,1-3H3,(H2,19,21,25). The van der Waals surface area contributed by atoms with Crippen molar-refractivity contribution in [3.63, 3.8) is 0 Å². The summed E-state index contributed by atoms with van der Waals surface area (Å²) in [5, 5.41) is 14.6. The van der Waals surface area contributed by atoms with Crippen LogP contribution in [0.4, 0.5) is 16.5 Å². The van der Waals surface area contributed by atoms with Gasteiger partial charge in [-0.25, -0.2) is 9.78 Å². The number of benzene rings is 1. The van der Waals surface area contributed by atoms with E-state index in [0.29, 0.717) is 24.1 Å². The predicted molar refractivity (Wildman–Crippen MR) is 106 cm³/mol. The van der Waals surface area contributed by atoms with Crippen LogP contribution in [0.2, 0.25) is 0 Å². The minimum Gasteiger partial charge on any atom is -0.403 e. The monoisotopic (exact) mass is 386 g/mol. The van der Waals surface area contributed by atoms with Crippen LogP contribution in [0, 0.1) is 0 Å². The number of anilines is 2. The van der Waals surface area contributed by atoms with Gasteiger partial charge in [0.1, 0.15) is 0 Å². The zero-order valence-electron chi connectivity index (χ0n) is 15.5. The summed E-state index contributed by atoms with van der Waals surface area (Å²) in [5.41, 5.74) is 1.48. The summed E-state index contributed by atoms with van der Waals surface area (Å²) >= 11 is 1.69. The molecular formula is C18H22N6O2S. The van der Waals surface area contributed by atoms with Gasteiger partial charge in [-0.1, -0.05) is 12.0 Å². The van der Waals surface area contributed by atoms with E-state index >= 15 is 0 Å². The van der Waals surface area contributed by atoms with Crippen molar-refractivity contribution in [3.8, 4) is 11.5 Å². The summed E-state index contributed by atoms with van der Waals surface area (Å²) in [7, 11) is 3.67. The van der Waals surface area contributed by atoms with E-state index in [1.165, 1.54) is 4.88 Å². The fraction of sp³-hybridized carbons (Fsp3) is 0.333. The van der Waals surface area contributed by atoms with Gasteiger partial charge in [0.25, 0.3) is 0 Å². The van der Waals surface area contributed by atoms with Gasteiger partial charge >= 0.3 is 12.0 Å². The highest BCUT2D eigenvalue weighted by Gasteiger charge is 2.10. The third-order valence-electron chi connectivity index (χ3n) is 3.76. The molecule has 0 aliphatic carbocycles. The molecule has 8 nitrogen and oxygen atoms in total. The maximum absolute atomic E-state index is 12.0. The Morgan fingerprint density at radius 2 is 2.00 bits per heavy atom. The van der Waals surface area contributed by atoms with Crippen molar-refractivity contribution in [3.05, 3.63) is 40.3 Å². The van der Waals surface area contributed by atoms with E-state index < -0.39 is 0 Å². The van der Waals surface area contributed by atoms with Crippen LogP contribution in [0.25, 0.3) is 11.5 Å². The van der Waals surface area contributed by atoms with Gasteiger partial charge in [-0.2, -0.15) is 0 Å². The molecule has 0 aliphatic rings. The molecular weight excluding hydrogens is 364 g/mol. The van der Waals surface area contributed by atoms with Crippen LogP contribution < -0.4 is 15.5 Å². The summed E-state index contributed by atoms with van der Waals surface area (Å²) in [5.74, 6) is 0.435. The molecule has 142 valence electrons. The minimum atomic E-state index is -0.247. The molecule has 0 saturated carbocycles. The molecule has 0 atom stereocenters. The van der Waals surface area contributed by atoms with Crippen LogP contribution in [0.15, 0.2) is 34.9 Å². The van der Waals surface area contributed by atoms with Crippen molar-refractivity contribution in [2.75, 3.05) is 30.9 Å². The first-order valence-electron chi connectivity index (χ1n) is 8.65. The van der Waals surface area contributed by atoms with Crippen molar-refractivity contribution in [2.24, 2.45) is 0 Å². The largest absolute Gasteiger partial charge is 0.403 e. The van der Waals surface area contributed by atoms with Gasteiger partial charge in [0, 0.05) is 49.4 Å². The second kappa shape index (κ2) is 8.63. The average Bonchev–Trinajstić information content (AvgIpc) is 3.32. The Morgan fingerprint density at radius 3 is 2.63 bits per heavy atom. The summed E-state index contributed by atoms with van der Waals surface area (Å²) in [6.45, 7) is 2.64. The number of hydrogen-bond acceptors (Lipinski definition) is 7. The molecule has 2 amide bonds. The van der Waals surface area contributed by atoms with Crippen LogP contribution in [-0.2, 0) is 12.8 Å². The number of amides is 2. The fourth-order valence-electron chi connectivity index (χ4n) is 2.29. The Bertz CT molecular complexity index is 887. The van der Waals surface area contributed by atoms with Gasteiger partial charge in [0.05, 0.1) is 5.01 Å². The van der Waals surface area contributed by atoms with Gasteiger partial charge in [-0.05, 0) is 30.7 Å². The number of nitrogens with one attached hydrogen (secondary N) is 2. The molecule has 0 unspecified atom stereocenters. The van der Waals surface area contributed by atoms with Crippen LogP contribution in [0.3, 0.4) is 0 Å². The molecule has 0 spiro atoms. The van der Waals surface area contributed by atoms with E-state index in [4.69, 9.17) is 4.42 Å². The third kappa shape index (κ3) is 5.04. The van der Waals surface area contributed by atoms with E-state index in [2.05, 4.69) is 32.7 Å². The number of aryl methyl sites for hydroxylation is 1. The Morgan fingerprint density at radius 1 is 1.22 bits per heavy atom. The molecule has 2 heterocycles. The highest BCUT2D eigenvalue weighted by Crippen LogP contribution is 2.22. The lowest BCUT2D eigenvalue weighted by Gasteiger charge is -2.07. The predicted octanol–water partition coefficient (Wildman–Crippen LogP) is 3.19. The Kier molecular flexibility index (Phi) is 6.02. The molecule has 9 heteroatoms. The first-order chi connectivity index (χ1) is 13.0. The Labute approximate surface area is 161 Å². The molecule has 2 aromatic heterocycles. The van der Waals surface area contributed by atoms with Crippen LogP contribution >= 0.6 is 11.3 Å². The summed E-state index contributed by atoms with van der Waals surface area (Å²) in [6.07, 6.45) is 3.61. The maximum Gasteiger partial charge on any atom is 0.319 e. The van der Waals surface area contributed by atoms with Gasteiger partial charge in [-0.15, -0.1) is 16.4 Å². The molecule has 0 saturated heterocycles. The van der Waals surface area contributed by atoms with Crippen molar-refractivity contribution < 1.29 is 9.21 Å². The topological polar surface area (TPSA) is 96.2 Å². The van der Waals surface area contributed by atoms with Crippen molar-refractivity contribution in [1.29, 1.82) is 0 Å². The second-order valence-electron chi connectivity index (χ2n) is 6.07. The molecule has 0 bridgehead atoms. The van der Waals surface area contributed by atoms with E-state index in [1.54, 1.807) is 28.4 Å². The normalized spacial score (nSPS) is 10.6. The van der Waals surface area contributed by atoms with E-state index in [-0.39, 0.29) is 6.03 Å². The molecule has 3 rings (SSSR count). The number of rotatable bonds is 7. The molecule has 27 heavy (non-hydrogen) atoms. The van der Waals surface area contributed by atoms with Crippen LogP contribution in [0.5, 0.6) is 0 Å². The second-order valence-corrected chi connectivity index (χ2v) is 7.27. The summed E-state index contributed by atoms with van der Waals surface area (Å²) < 4.78 is 5.56. The number of hydrogen-bond donors (Lipinski definition) is 2. The highest BCUT2D eigenvalue weighted by molar-refractivity contribution is 7.11. The van der Waals surface area contributed by atoms with Crippen LogP contribution in [0.1, 0.15) is 16.8 Å². The Balaban J connectivity index is 1.49. The Hall–Kier alpha value is -2.94. The number of thiazole rings is 1. The van der Waals surface area contributed by atoms with E-state index in [9.17, 15) is 4.79 Å². The molecule has 2 N–H and O–H groups in total. The lowest BCUT2D eigenvalue weighted by atomic mass is 10.2. The number of carbonyl (C=O) groups is 1. The highest BCUT2D eigenvalue weighted by atomic mass is 32.1.